The second-order valence-corrected chi connectivity index (χ2v) is 9.84. The standard InChI is InChI=1S/C23H22N4O3S2/c1-2-24-32(29,30)18-14-12-17(13-15-18)25-22(28)21(16-8-4-3-5-9-16)31-23-26-19-10-6-7-11-20(19)27-23/h3-15,21,24H,2H2,1H3,(H,25,28)(H,26,27)/t21-/m0/s1. The first kappa shape index (κ1) is 22.1. The number of benzene rings is 3. The summed E-state index contributed by atoms with van der Waals surface area (Å²) in [7, 11) is -3.55. The Labute approximate surface area is 190 Å². The molecule has 7 nitrogen and oxygen atoms in total. The molecule has 0 aliphatic heterocycles. The Morgan fingerprint density at radius 2 is 1.69 bits per heavy atom. The van der Waals surface area contributed by atoms with Crippen molar-refractivity contribution in [2.45, 2.75) is 22.2 Å². The third kappa shape index (κ3) is 5.01. The third-order valence-corrected chi connectivity index (χ3v) is 7.40. The zero-order valence-corrected chi connectivity index (χ0v) is 18.9. The van der Waals surface area contributed by atoms with Crippen LogP contribution in [0.5, 0.6) is 0 Å². The fraction of sp³-hybridized carbons (Fsp3) is 0.130. The third-order valence-electron chi connectivity index (χ3n) is 4.70. The Hall–Kier alpha value is -3.14. The molecule has 0 bridgehead atoms. The average molecular weight is 467 g/mol. The van der Waals surface area contributed by atoms with E-state index in [-0.39, 0.29) is 10.8 Å². The van der Waals surface area contributed by atoms with Crippen molar-refractivity contribution >= 4 is 44.4 Å². The molecule has 4 aromatic rings. The molecule has 1 atom stereocenters. The van der Waals surface area contributed by atoms with E-state index >= 15 is 0 Å². The number of anilines is 1. The van der Waals surface area contributed by atoms with Gasteiger partial charge in [-0.3, -0.25) is 4.79 Å². The molecule has 0 spiro atoms. The quantitative estimate of drug-likeness (QED) is 0.335. The molecule has 1 aromatic heterocycles. The molecular weight excluding hydrogens is 444 g/mol. The van der Waals surface area contributed by atoms with E-state index in [9.17, 15) is 13.2 Å². The van der Waals surface area contributed by atoms with E-state index in [4.69, 9.17) is 0 Å². The molecule has 0 saturated carbocycles. The minimum Gasteiger partial charge on any atom is -0.333 e. The van der Waals surface area contributed by atoms with E-state index in [2.05, 4.69) is 20.0 Å². The molecule has 164 valence electrons. The van der Waals surface area contributed by atoms with Crippen molar-refractivity contribution in [2.24, 2.45) is 0 Å². The topological polar surface area (TPSA) is 104 Å². The van der Waals surface area contributed by atoms with E-state index in [1.807, 2.05) is 54.6 Å². The van der Waals surface area contributed by atoms with Gasteiger partial charge in [0.1, 0.15) is 5.25 Å². The lowest BCUT2D eigenvalue weighted by Crippen LogP contribution is -2.23. The van der Waals surface area contributed by atoms with E-state index in [0.29, 0.717) is 17.4 Å². The van der Waals surface area contributed by atoms with Crippen molar-refractivity contribution in [3.63, 3.8) is 0 Å². The smallest absolute Gasteiger partial charge is 0.242 e. The number of aromatic nitrogens is 2. The van der Waals surface area contributed by atoms with Gasteiger partial charge in [-0.1, -0.05) is 61.2 Å². The summed E-state index contributed by atoms with van der Waals surface area (Å²) < 4.78 is 26.7. The van der Waals surface area contributed by atoms with Crippen LogP contribution in [0.3, 0.4) is 0 Å². The molecule has 1 amide bonds. The Morgan fingerprint density at radius 1 is 1.00 bits per heavy atom. The van der Waals surface area contributed by atoms with Crippen LogP contribution >= 0.6 is 11.8 Å². The monoisotopic (exact) mass is 466 g/mol. The number of fused-ring (bicyclic) bond motifs is 1. The van der Waals surface area contributed by atoms with Gasteiger partial charge in [0.2, 0.25) is 15.9 Å². The first-order valence-electron chi connectivity index (χ1n) is 10.0. The van der Waals surface area contributed by atoms with Crippen molar-refractivity contribution in [1.29, 1.82) is 0 Å². The van der Waals surface area contributed by atoms with Gasteiger partial charge in [-0.2, -0.15) is 0 Å². The van der Waals surface area contributed by atoms with Crippen LogP contribution in [0, 0.1) is 0 Å². The van der Waals surface area contributed by atoms with E-state index < -0.39 is 15.3 Å². The SMILES string of the molecule is CCNS(=O)(=O)c1ccc(NC(=O)[C@@H](Sc2nc3ccccc3[nH]2)c2ccccc2)cc1. The maximum Gasteiger partial charge on any atom is 0.242 e. The number of thioether (sulfide) groups is 1. The lowest BCUT2D eigenvalue weighted by Gasteiger charge is -2.16. The predicted molar refractivity (Wildman–Crippen MR) is 127 cm³/mol. The molecule has 0 aliphatic carbocycles. The minimum absolute atomic E-state index is 0.147. The molecular formula is C23H22N4O3S2. The van der Waals surface area contributed by atoms with Gasteiger partial charge in [0, 0.05) is 12.2 Å². The summed E-state index contributed by atoms with van der Waals surface area (Å²) in [6.45, 7) is 2.02. The Bertz CT molecular complexity index is 1290. The number of carbonyl (C=O) groups excluding carboxylic acids is 1. The highest BCUT2D eigenvalue weighted by molar-refractivity contribution is 8.00. The van der Waals surface area contributed by atoms with Gasteiger partial charge in [0.15, 0.2) is 5.16 Å². The number of H-pyrrole nitrogens is 1. The van der Waals surface area contributed by atoms with Crippen LogP contribution in [0.15, 0.2) is 88.9 Å². The molecule has 0 saturated heterocycles. The van der Waals surface area contributed by atoms with Crippen LogP contribution in [0.4, 0.5) is 5.69 Å². The fourth-order valence-corrected chi connectivity index (χ4v) is 5.24. The number of imidazole rings is 1. The number of amides is 1. The van der Waals surface area contributed by atoms with E-state index in [1.165, 1.54) is 23.9 Å². The molecule has 0 radical (unpaired) electrons. The van der Waals surface area contributed by atoms with Crippen molar-refractivity contribution in [2.75, 3.05) is 11.9 Å². The van der Waals surface area contributed by atoms with Crippen molar-refractivity contribution in [1.82, 2.24) is 14.7 Å². The summed E-state index contributed by atoms with van der Waals surface area (Å²) >= 11 is 1.32. The van der Waals surface area contributed by atoms with Gasteiger partial charge >= 0.3 is 0 Å². The van der Waals surface area contributed by atoms with Gasteiger partial charge in [-0.25, -0.2) is 18.1 Å². The second kappa shape index (κ2) is 9.56. The summed E-state index contributed by atoms with van der Waals surface area (Å²) in [6.07, 6.45) is 0. The molecule has 0 fully saturated rings. The van der Waals surface area contributed by atoms with Crippen molar-refractivity contribution in [3.05, 3.63) is 84.4 Å². The van der Waals surface area contributed by atoms with Gasteiger partial charge in [0.25, 0.3) is 0 Å². The van der Waals surface area contributed by atoms with E-state index in [1.54, 1.807) is 19.1 Å². The van der Waals surface area contributed by atoms with Gasteiger partial charge in [0.05, 0.1) is 15.9 Å². The zero-order valence-electron chi connectivity index (χ0n) is 17.3. The first-order chi connectivity index (χ1) is 15.5. The molecule has 9 heteroatoms. The summed E-state index contributed by atoms with van der Waals surface area (Å²) in [5, 5.41) is 2.98. The maximum absolute atomic E-state index is 13.2. The predicted octanol–water partition coefficient (Wildman–Crippen LogP) is 4.33. The molecule has 0 unspecified atom stereocenters. The number of hydrogen-bond donors (Lipinski definition) is 3. The second-order valence-electron chi connectivity index (χ2n) is 6.98. The highest BCUT2D eigenvalue weighted by Crippen LogP contribution is 2.35. The number of nitrogens with one attached hydrogen (secondary N) is 3. The Kier molecular flexibility index (Phi) is 6.59. The van der Waals surface area contributed by atoms with Crippen LogP contribution in [-0.2, 0) is 14.8 Å². The molecule has 1 heterocycles. The molecule has 32 heavy (non-hydrogen) atoms. The Balaban J connectivity index is 1.57. The number of nitrogens with zero attached hydrogens (tertiary/aromatic N) is 1. The summed E-state index contributed by atoms with van der Waals surface area (Å²) in [5.74, 6) is -0.232. The summed E-state index contributed by atoms with van der Waals surface area (Å²) in [5.41, 5.74) is 3.08. The lowest BCUT2D eigenvalue weighted by molar-refractivity contribution is -0.115. The average Bonchev–Trinajstić information content (AvgIpc) is 3.21. The van der Waals surface area contributed by atoms with Crippen LogP contribution in [-0.4, -0.2) is 30.8 Å². The lowest BCUT2D eigenvalue weighted by atomic mass is 10.1. The highest BCUT2D eigenvalue weighted by Gasteiger charge is 2.24. The van der Waals surface area contributed by atoms with Gasteiger partial charge in [-0.05, 0) is 42.0 Å². The number of para-hydroxylation sites is 2. The number of sulfonamides is 1. The molecule has 0 aliphatic rings. The minimum atomic E-state index is -3.55. The molecule has 3 N–H and O–H groups in total. The van der Waals surface area contributed by atoms with Gasteiger partial charge < -0.3 is 10.3 Å². The van der Waals surface area contributed by atoms with Crippen LogP contribution in [0.2, 0.25) is 0 Å². The Morgan fingerprint density at radius 3 is 2.38 bits per heavy atom. The van der Waals surface area contributed by atoms with Crippen molar-refractivity contribution in [3.8, 4) is 0 Å². The van der Waals surface area contributed by atoms with Gasteiger partial charge in [-0.15, -0.1) is 0 Å². The zero-order chi connectivity index (χ0) is 22.6. The van der Waals surface area contributed by atoms with Crippen LogP contribution in [0.25, 0.3) is 11.0 Å². The number of carbonyl (C=O) groups is 1. The number of aromatic amines is 1. The summed E-state index contributed by atoms with van der Waals surface area (Å²) in [4.78, 5) is 21.2. The van der Waals surface area contributed by atoms with Crippen LogP contribution < -0.4 is 10.0 Å². The van der Waals surface area contributed by atoms with E-state index in [0.717, 1.165) is 16.6 Å². The van der Waals surface area contributed by atoms with Crippen LogP contribution in [0.1, 0.15) is 17.7 Å². The molecule has 3 aromatic carbocycles. The largest absolute Gasteiger partial charge is 0.333 e. The fourth-order valence-electron chi connectivity index (χ4n) is 3.20. The normalized spacial score (nSPS) is 12.5. The first-order valence-corrected chi connectivity index (χ1v) is 12.4. The maximum atomic E-state index is 13.2. The highest BCUT2D eigenvalue weighted by atomic mass is 32.2. The number of rotatable bonds is 8. The molecule has 4 rings (SSSR count). The van der Waals surface area contributed by atoms with Crippen molar-refractivity contribution < 1.29 is 13.2 Å². The summed E-state index contributed by atoms with van der Waals surface area (Å²) in [6, 6.07) is 23.2. The number of hydrogen-bond acceptors (Lipinski definition) is 5.